The van der Waals surface area contributed by atoms with Crippen molar-refractivity contribution < 1.29 is 9.84 Å². The van der Waals surface area contributed by atoms with Crippen LogP contribution in [0.1, 0.15) is 18.2 Å². The maximum atomic E-state index is 9.62. The maximum absolute atomic E-state index is 9.62. The van der Waals surface area contributed by atoms with Crippen molar-refractivity contribution in [3.05, 3.63) is 53.9 Å². The highest BCUT2D eigenvalue weighted by Gasteiger charge is 2.03. The monoisotopic (exact) mass is 456 g/mol. The summed E-state index contributed by atoms with van der Waals surface area (Å²) in [6.07, 6.45) is 2.56. The first-order chi connectivity index (χ1) is 11.7. The number of hydrogen-bond donors (Lipinski definition) is 3. The fraction of sp³-hybridized carbons (Fsp3) is 0.333. The van der Waals surface area contributed by atoms with E-state index < -0.39 is 0 Å². The zero-order valence-electron chi connectivity index (χ0n) is 14.5. The largest absolute Gasteiger partial charge is 0.504 e. The molecule has 0 aliphatic heterocycles. The number of hydrogen-bond acceptors (Lipinski definition) is 4. The molecule has 7 heteroatoms. The van der Waals surface area contributed by atoms with Crippen LogP contribution in [0, 0.1) is 0 Å². The Morgan fingerprint density at radius 3 is 2.76 bits per heavy atom. The lowest BCUT2D eigenvalue weighted by Gasteiger charge is -2.12. The van der Waals surface area contributed by atoms with Crippen molar-refractivity contribution in [2.24, 2.45) is 4.99 Å². The minimum Gasteiger partial charge on any atom is -0.504 e. The first-order valence-corrected chi connectivity index (χ1v) is 8.01. The number of phenols is 1. The van der Waals surface area contributed by atoms with Crippen molar-refractivity contribution in [2.75, 3.05) is 20.2 Å². The quantitative estimate of drug-likeness (QED) is 0.339. The number of methoxy groups -OCH3 is 1. The van der Waals surface area contributed by atoms with Crippen LogP contribution in [0.3, 0.4) is 0 Å². The highest BCUT2D eigenvalue weighted by Crippen LogP contribution is 2.26. The van der Waals surface area contributed by atoms with Crippen LogP contribution in [0.25, 0.3) is 0 Å². The van der Waals surface area contributed by atoms with Gasteiger partial charge in [-0.3, -0.25) is 4.98 Å². The molecular formula is C18H25IN4O2. The van der Waals surface area contributed by atoms with Crippen molar-refractivity contribution in [3.63, 3.8) is 0 Å². The normalized spacial score (nSPS) is 10.7. The summed E-state index contributed by atoms with van der Waals surface area (Å²) in [6.45, 7) is 4.08. The third-order valence-electron chi connectivity index (χ3n) is 3.42. The van der Waals surface area contributed by atoms with Gasteiger partial charge in [0.2, 0.25) is 0 Å². The molecule has 0 amide bonds. The number of nitrogens with one attached hydrogen (secondary N) is 2. The molecular weight excluding hydrogens is 431 g/mol. The Balaban J connectivity index is 0.00000312. The fourth-order valence-electron chi connectivity index (χ4n) is 2.20. The molecule has 0 atom stereocenters. The summed E-state index contributed by atoms with van der Waals surface area (Å²) in [4.78, 5) is 8.80. The number of guanidine groups is 1. The lowest BCUT2D eigenvalue weighted by molar-refractivity contribution is 0.373. The van der Waals surface area contributed by atoms with Crippen LogP contribution in [0.5, 0.6) is 11.5 Å². The number of benzene rings is 1. The highest BCUT2D eigenvalue weighted by atomic mass is 127. The van der Waals surface area contributed by atoms with Crippen molar-refractivity contribution in [3.8, 4) is 11.5 Å². The van der Waals surface area contributed by atoms with Gasteiger partial charge in [-0.05, 0) is 43.2 Å². The molecule has 0 radical (unpaired) electrons. The molecule has 0 unspecified atom stereocenters. The summed E-state index contributed by atoms with van der Waals surface area (Å²) in [5, 5.41) is 16.1. The van der Waals surface area contributed by atoms with E-state index in [4.69, 9.17) is 4.74 Å². The summed E-state index contributed by atoms with van der Waals surface area (Å²) in [5.74, 6) is 1.40. The van der Waals surface area contributed by atoms with E-state index in [0.29, 0.717) is 12.3 Å². The van der Waals surface area contributed by atoms with E-state index in [1.54, 1.807) is 19.4 Å². The van der Waals surface area contributed by atoms with E-state index >= 15 is 0 Å². The minimum atomic E-state index is 0. The number of pyridine rings is 1. The van der Waals surface area contributed by atoms with Gasteiger partial charge in [-0.25, -0.2) is 4.99 Å². The van der Waals surface area contributed by atoms with E-state index in [2.05, 4.69) is 20.6 Å². The zero-order chi connectivity index (χ0) is 17.2. The van der Waals surface area contributed by atoms with E-state index in [-0.39, 0.29) is 29.7 Å². The third-order valence-corrected chi connectivity index (χ3v) is 3.42. The summed E-state index contributed by atoms with van der Waals surface area (Å²) in [7, 11) is 1.55. The molecule has 0 aliphatic rings. The van der Waals surface area contributed by atoms with Crippen LogP contribution in [0.15, 0.2) is 47.6 Å². The topological polar surface area (TPSA) is 78.8 Å². The van der Waals surface area contributed by atoms with Crippen molar-refractivity contribution in [1.29, 1.82) is 0 Å². The Labute approximate surface area is 165 Å². The summed E-state index contributed by atoms with van der Waals surface area (Å²) in [6, 6.07) is 11.2. The Morgan fingerprint density at radius 2 is 2.08 bits per heavy atom. The van der Waals surface area contributed by atoms with E-state index in [0.717, 1.165) is 36.7 Å². The van der Waals surface area contributed by atoms with Crippen molar-refractivity contribution >= 4 is 29.9 Å². The van der Waals surface area contributed by atoms with Crippen LogP contribution >= 0.6 is 24.0 Å². The molecule has 2 rings (SSSR count). The molecule has 0 aliphatic carbocycles. The van der Waals surface area contributed by atoms with E-state index in [1.807, 2.05) is 37.3 Å². The second kappa shape index (κ2) is 11.5. The van der Waals surface area contributed by atoms with Gasteiger partial charge in [-0.2, -0.15) is 0 Å². The number of aromatic hydroxyl groups is 1. The molecule has 0 saturated carbocycles. The standard InChI is InChI=1S/C18H24N4O2.HI/c1-3-19-18(22-13-15-6-4-5-10-20-15)21-11-9-14-7-8-16(23)17(12-14)24-2;/h4-8,10,12,23H,3,9,11,13H2,1-2H3,(H2,19,21,22);1H. The molecule has 136 valence electrons. The van der Waals surface area contributed by atoms with Gasteiger partial charge in [0.25, 0.3) is 0 Å². The van der Waals surface area contributed by atoms with Gasteiger partial charge in [-0.15, -0.1) is 24.0 Å². The van der Waals surface area contributed by atoms with E-state index in [1.165, 1.54) is 0 Å². The van der Waals surface area contributed by atoms with E-state index in [9.17, 15) is 5.11 Å². The Bertz CT molecular complexity index is 665. The number of nitrogens with zero attached hydrogens (tertiary/aromatic N) is 2. The summed E-state index contributed by atoms with van der Waals surface area (Å²) < 4.78 is 5.13. The molecule has 1 aromatic carbocycles. The molecule has 3 N–H and O–H groups in total. The predicted molar refractivity (Wildman–Crippen MR) is 111 cm³/mol. The molecule has 0 saturated heterocycles. The van der Waals surface area contributed by atoms with Gasteiger partial charge in [0.05, 0.1) is 19.3 Å². The smallest absolute Gasteiger partial charge is 0.191 e. The van der Waals surface area contributed by atoms with Crippen LogP contribution < -0.4 is 15.4 Å². The van der Waals surface area contributed by atoms with Gasteiger partial charge >= 0.3 is 0 Å². The predicted octanol–water partition coefficient (Wildman–Crippen LogP) is 2.71. The maximum Gasteiger partial charge on any atom is 0.191 e. The van der Waals surface area contributed by atoms with Gasteiger partial charge < -0.3 is 20.5 Å². The molecule has 1 heterocycles. The van der Waals surface area contributed by atoms with Crippen LogP contribution in [0.4, 0.5) is 0 Å². The Morgan fingerprint density at radius 1 is 1.24 bits per heavy atom. The van der Waals surface area contributed by atoms with Gasteiger partial charge in [0.1, 0.15) is 0 Å². The number of aromatic nitrogens is 1. The average molecular weight is 456 g/mol. The molecule has 1 aromatic heterocycles. The molecule has 0 fully saturated rings. The Kier molecular flexibility index (Phi) is 9.68. The van der Waals surface area contributed by atoms with Crippen LogP contribution in [-0.4, -0.2) is 36.2 Å². The SMILES string of the molecule is CCNC(=NCc1ccccn1)NCCc1ccc(O)c(OC)c1.I. The number of phenolic OH excluding ortho intramolecular Hbond substituents is 1. The summed E-state index contributed by atoms with van der Waals surface area (Å²) in [5.41, 5.74) is 2.01. The second-order valence-electron chi connectivity index (χ2n) is 5.20. The van der Waals surface area contributed by atoms with Gasteiger partial charge in [-0.1, -0.05) is 12.1 Å². The molecule has 0 spiro atoms. The Hall–Kier alpha value is -2.03. The van der Waals surface area contributed by atoms with Gasteiger partial charge in [0.15, 0.2) is 17.5 Å². The number of aliphatic imine (C=N–C) groups is 1. The molecule has 25 heavy (non-hydrogen) atoms. The first kappa shape index (κ1) is 21.0. The molecule has 2 aromatic rings. The van der Waals surface area contributed by atoms with Crippen molar-refractivity contribution in [2.45, 2.75) is 19.9 Å². The average Bonchev–Trinajstić information content (AvgIpc) is 2.62. The first-order valence-electron chi connectivity index (χ1n) is 8.01. The number of rotatable bonds is 7. The molecule has 6 nitrogen and oxygen atoms in total. The van der Waals surface area contributed by atoms with Crippen LogP contribution in [0.2, 0.25) is 0 Å². The van der Waals surface area contributed by atoms with Gasteiger partial charge in [0, 0.05) is 19.3 Å². The third kappa shape index (κ3) is 7.16. The fourth-order valence-corrected chi connectivity index (χ4v) is 2.20. The number of ether oxygens (including phenoxy) is 1. The lowest BCUT2D eigenvalue weighted by atomic mass is 10.1. The second-order valence-corrected chi connectivity index (χ2v) is 5.20. The lowest BCUT2D eigenvalue weighted by Crippen LogP contribution is -2.38. The highest BCUT2D eigenvalue weighted by molar-refractivity contribution is 14.0. The minimum absolute atomic E-state index is 0. The number of halogens is 1. The van der Waals surface area contributed by atoms with Crippen molar-refractivity contribution in [1.82, 2.24) is 15.6 Å². The van der Waals surface area contributed by atoms with Crippen LogP contribution in [-0.2, 0) is 13.0 Å². The molecule has 0 bridgehead atoms. The zero-order valence-corrected chi connectivity index (χ0v) is 16.9. The summed E-state index contributed by atoms with van der Waals surface area (Å²) >= 11 is 0.